The molecule has 2 bridgehead atoms. The van der Waals surface area contributed by atoms with Gasteiger partial charge in [-0.1, -0.05) is 13.3 Å². The molecule has 0 aromatic heterocycles. The van der Waals surface area contributed by atoms with E-state index in [1.54, 1.807) is 0 Å². The third kappa shape index (κ3) is 2.40. The monoisotopic (exact) mass is 297 g/mol. The smallest absolute Gasteiger partial charge is 0.311 e. The summed E-state index contributed by atoms with van der Waals surface area (Å²) in [7, 11) is 0. The number of carbonyl (C=O) groups excluding carboxylic acids is 1. The van der Waals surface area contributed by atoms with Crippen LogP contribution in [0.1, 0.15) is 51.9 Å². The lowest BCUT2D eigenvalue weighted by atomic mass is 9.72. The Kier molecular flexibility index (Phi) is 4.54. The van der Waals surface area contributed by atoms with Crippen molar-refractivity contribution in [3.05, 3.63) is 0 Å². The molecule has 6 heteroatoms. The second-order valence-electron chi connectivity index (χ2n) is 6.24. The van der Waals surface area contributed by atoms with Crippen molar-refractivity contribution in [3.8, 4) is 0 Å². The Balaban J connectivity index is 0.000000497. The predicted octanol–water partition coefficient (Wildman–Crippen LogP) is 1.73. The van der Waals surface area contributed by atoms with Crippen LogP contribution in [0.3, 0.4) is 0 Å². The zero-order valence-corrected chi connectivity index (χ0v) is 12.3. The van der Waals surface area contributed by atoms with Crippen LogP contribution in [-0.2, 0) is 14.4 Å². The summed E-state index contributed by atoms with van der Waals surface area (Å²) in [6.45, 7) is 1.70. The largest absolute Gasteiger partial charge is 0.483 e. The molecule has 3 fully saturated rings. The zero-order chi connectivity index (χ0) is 15.6. The second kappa shape index (κ2) is 6.03. The number of nitrogens with zero attached hydrogens (tertiary/aromatic N) is 1. The fourth-order valence-corrected chi connectivity index (χ4v) is 4.14. The zero-order valence-electron chi connectivity index (χ0n) is 12.3. The number of fused-ring (bicyclic) bond motifs is 2. The fraction of sp³-hybridized carbons (Fsp3) is 0.800. The van der Waals surface area contributed by atoms with E-state index >= 15 is 0 Å². The lowest BCUT2D eigenvalue weighted by molar-refractivity contribution is -0.152. The van der Waals surface area contributed by atoms with Crippen molar-refractivity contribution in [2.75, 3.05) is 0 Å². The summed E-state index contributed by atoms with van der Waals surface area (Å²) < 4.78 is 0. The highest BCUT2D eigenvalue weighted by Gasteiger charge is 2.61. The molecule has 118 valence electrons. The van der Waals surface area contributed by atoms with E-state index in [1.807, 2.05) is 11.8 Å². The SMILES string of the molecule is CC[C@@]1(C(=O)O)C[C@@H]2CC[C@H]1N2C(=O)C1CCC1.O=CO. The van der Waals surface area contributed by atoms with Crippen LogP contribution >= 0.6 is 0 Å². The molecule has 3 aliphatic rings. The first-order valence-electron chi connectivity index (χ1n) is 7.65. The number of carboxylic acids is 1. The summed E-state index contributed by atoms with van der Waals surface area (Å²) in [5.74, 6) is -0.275. The minimum Gasteiger partial charge on any atom is -0.483 e. The average Bonchev–Trinajstić information content (AvgIpc) is 2.92. The van der Waals surface area contributed by atoms with Gasteiger partial charge in [0.05, 0.1) is 5.41 Å². The molecule has 0 spiro atoms. The summed E-state index contributed by atoms with van der Waals surface area (Å²) in [6.07, 6.45) is 6.33. The van der Waals surface area contributed by atoms with Crippen LogP contribution < -0.4 is 0 Å². The molecule has 2 saturated heterocycles. The quantitative estimate of drug-likeness (QED) is 0.774. The van der Waals surface area contributed by atoms with Gasteiger partial charge in [0.2, 0.25) is 5.91 Å². The van der Waals surface area contributed by atoms with Gasteiger partial charge in [-0.2, -0.15) is 0 Å². The van der Waals surface area contributed by atoms with E-state index in [9.17, 15) is 14.7 Å². The standard InChI is InChI=1S/C14H21NO3.CH2O2/c1-2-14(13(17)18)8-10-6-7-11(14)15(10)12(16)9-4-3-5-9;2-1-3/h9-11H,2-8H2,1H3,(H,17,18);1H,(H,2,3)/t10-,11+,14+;/m0./s1. The first-order valence-corrected chi connectivity index (χ1v) is 7.65. The summed E-state index contributed by atoms with van der Waals surface area (Å²) in [6, 6.07) is 0.150. The summed E-state index contributed by atoms with van der Waals surface area (Å²) in [5, 5.41) is 16.4. The third-order valence-corrected chi connectivity index (χ3v) is 5.51. The average molecular weight is 297 g/mol. The molecule has 2 N–H and O–H groups in total. The number of hydrogen-bond acceptors (Lipinski definition) is 3. The summed E-state index contributed by atoms with van der Waals surface area (Å²) in [5.41, 5.74) is -0.664. The van der Waals surface area contributed by atoms with Gasteiger partial charge in [0.15, 0.2) is 0 Å². The van der Waals surface area contributed by atoms with E-state index in [1.165, 1.54) is 0 Å². The number of rotatable bonds is 3. The van der Waals surface area contributed by atoms with Gasteiger partial charge in [-0.05, 0) is 38.5 Å². The molecule has 2 heterocycles. The van der Waals surface area contributed by atoms with E-state index in [0.29, 0.717) is 12.8 Å². The highest BCUT2D eigenvalue weighted by molar-refractivity contribution is 5.84. The number of carbonyl (C=O) groups is 3. The minimum atomic E-state index is -0.705. The molecule has 0 radical (unpaired) electrons. The second-order valence-corrected chi connectivity index (χ2v) is 6.24. The Labute approximate surface area is 124 Å². The van der Waals surface area contributed by atoms with Crippen molar-refractivity contribution < 1.29 is 24.6 Å². The van der Waals surface area contributed by atoms with E-state index in [4.69, 9.17) is 9.90 Å². The normalized spacial score (nSPS) is 33.9. The molecular weight excluding hydrogens is 274 g/mol. The number of aliphatic carboxylic acids is 1. The van der Waals surface area contributed by atoms with Crippen molar-refractivity contribution in [2.45, 2.75) is 64.0 Å². The van der Waals surface area contributed by atoms with Gasteiger partial charge in [0, 0.05) is 18.0 Å². The van der Waals surface area contributed by atoms with Gasteiger partial charge in [-0.25, -0.2) is 0 Å². The van der Waals surface area contributed by atoms with Crippen LogP contribution in [0.2, 0.25) is 0 Å². The minimum absolute atomic E-state index is 0.0434. The van der Waals surface area contributed by atoms with Crippen molar-refractivity contribution in [1.29, 1.82) is 0 Å². The van der Waals surface area contributed by atoms with E-state index in [2.05, 4.69) is 0 Å². The Hall–Kier alpha value is -1.59. The Bertz CT molecular complexity index is 434. The molecule has 6 nitrogen and oxygen atoms in total. The maximum atomic E-state index is 12.4. The third-order valence-electron chi connectivity index (χ3n) is 5.51. The van der Waals surface area contributed by atoms with Crippen LogP contribution in [0.25, 0.3) is 0 Å². The highest BCUT2D eigenvalue weighted by Crippen LogP contribution is 2.53. The fourth-order valence-electron chi connectivity index (χ4n) is 4.14. The first kappa shape index (κ1) is 15.8. The molecule has 21 heavy (non-hydrogen) atoms. The number of carboxylic acid groups (broad SMARTS) is 2. The van der Waals surface area contributed by atoms with Crippen molar-refractivity contribution in [1.82, 2.24) is 4.90 Å². The summed E-state index contributed by atoms with van der Waals surface area (Å²) in [4.78, 5) is 34.4. The molecule has 3 atom stereocenters. The maximum absolute atomic E-state index is 12.4. The molecule has 0 aromatic carbocycles. The van der Waals surface area contributed by atoms with Crippen molar-refractivity contribution in [2.24, 2.45) is 11.3 Å². The molecular formula is C15H23NO5. The van der Waals surface area contributed by atoms with Crippen molar-refractivity contribution >= 4 is 18.3 Å². The van der Waals surface area contributed by atoms with E-state index in [-0.39, 0.29) is 30.4 Å². The predicted molar refractivity (Wildman–Crippen MR) is 74.7 cm³/mol. The van der Waals surface area contributed by atoms with E-state index < -0.39 is 11.4 Å². The van der Waals surface area contributed by atoms with Crippen LogP contribution in [-0.4, -0.2) is 45.5 Å². The van der Waals surface area contributed by atoms with Crippen LogP contribution in [0.4, 0.5) is 0 Å². The molecule has 3 rings (SSSR count). The highest BCUT2D eigenvalue weighted by atomic mass is 16.4. The molecule has 0 unspecified atom stereocenters. The number of amides is 1. The topological polar surface area (TPSA) is 94.9 Å². The van der Waals surface area contributed by atoms with E-state index in [0.717, 1.165) is 32.1 Å². The van der Waals surface area contributed by atoms with Gasteiger partial charge >= 0.3 is 5.97 Å². The molecule has 1 amide bonds. The Morgan fingerprint density at radius 3 is 2.29 bits per heavy atom. The van der Waals surface area contributed by atoms with Crippen LogP contribution in [0, 0.1) is 11.3 Å². The van der Waals surface area contributed by atoms with Crippen LogP contribution in [0.15, 0.2) is 0 Å². The Morgan fingerprint density at radius 1 is 1.29 bits per heavy atom. The van der Waals surface area contributed by atoms with Gasteiger partial charge in [0.25, 0.3) is 6.47 Å². The van der Waals surface area contributed by atoms with Gasteiger partial charge in [-0.15, -0.1) is 0 Å². The van der Waals surface area contributed by atoms with Gasteiger partial charge < -0.3 is 15.1 Å². The Morgan fingerprint density at radius 2 is 1.90 bits per heavy atom. The number of hydrogen-bond donors (Lipinski definition) is 2. The molecule has 2 aliphatic heterocycles. The first-order chi connectivity index (χ1) is 10.0. The molecule has 0 aromatic rings. The van der Waals surface area contributed by atoms with Gasteiger partial charge in [-0.3, -0.25) is 14.4 Å². The molecule has 1 aliphatic carbocycles. The lowest BCUT2D eigenvalue weighted by Crippen LogP contribution is -2.47. The molecule has 1 saturated carbocycles. The summed E-state index contributed by atoms with van der Waals surface area (Å²) >= 11 is 0. The van der Waals surface area contributed by atoms with Crippen molar-refractivity contribution in [3.63, 3.8) is 0 Å². The van der Waals surface area contributed by atoms with Gasteiger partial charge in [0.1, 0.15) is 0 Å². The van der Waals surface area contributed by atoms with Crippen LogP contribution in [0.5, 0.6) is 0 Å². The lowest BCUT2D eigenvalue weighted by Gasteiger charge is -2.35. The maximum Gasteiger partial charge on any atom is 0.311 e.